The molecule has 1 aromatic heterocycles. The van der Waals surface area contributed by atoms with Crippen molar-refractivity contribution in [3.05, 3.63) is 11.8 Å². The van der Waals surface area contributed by atoms with Crippen molar-refractivity contribution in [1.29, 1.82) is 0 Å². The van der Waals surface area contributed by atoms with Crippen LogP contribution < -0.4 is 9.80 Å². The molecule has 1 saturated heterocycles. The van der Waals surface area contributed by atoms with Gasteiger partial charge in [-0.2, -0.15) is 18.2 Å². The smallest absolute Gasteiger partial charge is 0.433 e. The number of ether oxygens (including phenoxy) is 1. The summed E-state index contributed by atoms with van der Waals surface area (Å²) < 4.78 is 44.0. The van der Waals surface area contributed by atoms with Crippen LogP contribution in [-0.2, 0) is 15.7 Å². The van der Waals surface area contributed by atoms with Crippen LogP contribution in [0.2, 0.25) is 0 Å². The molecule has 1 aliphatic rings. The van der Waals surface area contributed by atoms with Gasteiger partial charge in [0.15, 0.2) is 5.69 Å². The molecule has 0 radical (unpaired) electrons. The predicted molar refractivity (Wildman–Crippen MR) is 86.6 cm³/mol. The highest BCUT2D eigenvalue weighted by Crippen LogP contribution is 2.31. The maximum atomic E-state index is 13.1. The highest BCUT2D eigenvalue weighted by Gasteiger charge is 2.34. The average Bonchev–Trinajstić information content (AvgIpc) is 2.79. The minimum Gasteiger partial charge on any atom is -0.468 e. The molecule has 0 N–H and O–H groups in total. The molecule has 7 nitrogen and oxygen atoms in total. The second-order valence-electron chi connectivity index (χ2n) is 6.00. The lowest BCUT2D eigenvalue weighted by Gasteiger charge is -2.23. The van der Waals surface area contributed by atoms with Crippen molar-refractivity contribution in [2.24, 2.45) is 0 Å². The predicted octanol–water partition coefficient (Wildman–Crippen LogP) is 1.25. The van der Waals surface area contributed by atoms with Crippen molar-refractivity contribution in [2.75, 3.05) is 63.7 Å². The summed E-state index contributed by atoms with van der Waals surface area (Å²) in [6, 6.07) is 0.935. The molecule has 0 saturated carbocycles. The van der Waals surface area contributed by atoms with E-state index in [1.807, 2.05) is 4.90 Å². The summed E-state index contributed by atoms with van der Waals surface area (Å²) in [7, 11) is 4.59. The zero-order valence-corrected chi connectivity index (χ0v) is 14.5. The van der Waals surface area contributed by atoms with Gasteiger partial charge in [0.05, 0.1) is 13.7 Å². The van der Waals surface area contributed by atoms with Crippen LogP contribution >= 0.6 is 0 Å². The Morgan fingerprint density at radius 1 is 1.24 bits per heavy atom. The van der Waals surface area contributed by atoms with Crippen LogP contribution in [0.15, 0.2) is 6.07 Å². The van der Waals surface area contributed by atoms with E-state index in [1.54, 1.807) is 19.0 Å². The number of alkyl halides is 3. The molecule has 0 amide bonds. The Morgan fingerprint density at radius 3 is 2.56 bits per heavy atom. The molecular weight excluding hydrogens is 339 g/mol. The van der Waals surface area contributed by atoms with E-state index in [4.69, 9.17) is 0 Å². The van der Waals surface area contributed by atoms with E-state index in [2.05, 4.69) is 14.7 Å². The largest absolute Gasteiger partial charge is 0.468 e. The van der Waals surface area contributed by atoms with Gasteiger partial charge in [-0.3, -0.25) is 9.69 Å². The van der Waals surface area contributed by atoms with Gasteiger partial charge < -0.3 is 14.5 Å². The number of rotatable bonds is 4. The summed E-state index contributed by atoms with van der Waals surface area (Å²) in [5.41, 5.74) is -0.961. The minimum absolute atomic E-state index is 0.0541. The Labute approximate surface area is 144 Å². The maximum absolute atomic E-state index is 13.1. The first-order chi connectivity index (χ1) is 11.7. The summed E-state index contributed by atoms with van der Waals surface area (Å²) in [6.07, 6.45) is -3.85. The highest BCUT2D eigenvalue weighted by atomic mass is 19.4. The number of hydrogen-bond donors (Lipinski definition) is 0. The quantitative estimate of drug-likeness (QED) is 0.748. The number of carbonyl (C=O) groups is 1. The van der Waals surface area contributed by atoms with E-state index >= 15 is 0 Å². The Kier molecular flexibility index (Phi) is 6.04. The molecule has 0 unspecified atom stereocenters. The van der Waals surface area contributed by atoms with E-state index < -0.39 is 11.9 Å². The molecule has 0 aromatic carbocycles. The van der Waals surface area contributed by atoms with Gasteiger partial charge in [0.1, 0.15) is 5.82 Å². The SMILES string of the molecule is COC(=O)CN1CCCN(c2nc(N(C)C)cc(C(F)(F)F)n2)CC1. The zero-order valence-electron chi connectivity index (χ0n) is 14.5. The van der Waals surface area contributed by atoms with Crippen LogP contribution in [0.5, 0.6) is 0 Å². The summed E-state index contributed by atoms with van der Waals surface area (Å²) >= 11 is 0. The van der Waals surface area contributed by atoms with Crippen LogP contribution in [0, 0.1) is 0 Å². The lowest BCUT2D eigenvalue weighted by atomic mass is 10.3. The number of carbonyl (C=O) groups excluding carboxylic acids is 1. The van der Waals surface area contributed by atoms with Crippen LogP contribution in [0.3, 0.4) is 0 Å². The third kappa shape index (κ3) is 5.18. The first-order valence-electron chi connectivity index (χ1n) is 7.88. The molecule has 0 aliphatic carbocycles. The normalized spacial score (nSPS) is 16.5. The first-order valence-corrected chi connectivity index (χ1v) is 7.88. The molecule has 1 aliphatic heterocycles. The van der Waals surface area contributed by atoms with Gasteiger partial charge in [0, 0.05) is 46.3 Å². The Morgan fingerprint density at radius 2 is 1.96 bits per heavy atom. The van der Waals surface area contributed by atoms with Gasteiger partial charge in [0.25, 0.3) is 0 Å². The molecule has 10 heteroatoms. The fourth-order valence-electron chi connectivity index (χ4n) is 2.51. The van der Waals surface area contributed by atoms with Crippen LogP contribution in [0.4, 0.5) is 24.9 Å². The number of methoxy groups -OCH3 is 1. The molecule has 1 aromatic rings. The van der Waals surface area contributed by atoms with E-state index in [0.717, 1.165) is 6.07 Å². The molecule has 140 valence electrons. The molecule has 1 fully saturated rings. The molecule has 0 bridgehead atoms. The van der Waals surface area contributed by atoms with Gasteiger partial charge in [-0.15, -0.1) is 0 Å². The molecule has 2 heterocycles. The fourth-order valence-corrected chi connectivity index (χ4v) is 2.51. The highest BCUT2D eigenvalue weighted by molar-refractivity contribution is 5.71. The van der Waals surface area contributed by atoms with E-state index in [-0.39, 0.29) is 24.3 Å². The lowest BCUT2D eigenvalue weighted by molar-refractivity contribution is -0.142. The molecule has 0 spiro atoms. The van der Waals surface area contributed by atoms with E-state index in [9.17, 15) is 18.0 Å². The standard InChI is InChI=1S/C15H22F3N5O2/c1-21(2)12-9-11(15(16,17)18)19-14(20-12)23-6-4-5-22(7-8-23)10-13(24)25-3/h9H,4-8,10H2,1-3H3. The monoisotopic (exact) mass is 361 g/mol. The van der Waals surface area contributed by atoms with Crippen LogP contribution in [0.1, 0.15) is 12.1 Å². The van der Waals surface area contributed by atoms with Crippen molar-refractivity contribution in [3.63, 3.8) is 0 Å². The molecular formula is C15H22F3N5O2. The zero-order chi connectivity index (χ0) is 18.6. The van der Waals surface area contributed by atoms with Crippen molar-refractivity contribution >= 4 is 17.7 Å². The van der Waals surface area contributed by atoms with Gasteiger partial charge in [-0.1, -0.05) is 0 Å². The summed E-state index contributed by atoms with van der Waals surface area (Å²) in [4.78, 5) is 24.5. The Hall–Kier alpha value is -2.10. The molecule has 0 atom stereocenters. The van der Waals surface area contributed by atoms with Crippen molar-refractivity contribution in [2.45, 2.75) is 12.6 Å². The fraction of sp³-hybridized carbons (Fsp3) is 0.667. The summed E-state index contributed by atoms with van der Waals surface area (Å²) in [6.45, 7) is 2.30. The number of aromatic nitrogens is 2. The maximum Gasteiger partial charge on any atom is 0.433 e. The molecule has 25 heavy (non-hydrogen) atoms. The second kappa shape index (κ2) is 7.85. The van der Waals surface area contributed by atoms with Gasteiger partial charge >= 0.3 is 12.1 Å². The number of esters is 1. The number of hydrogen-bond acceptors (Lipinski definition) is 7. The summed E-state index contributed by atoms with van der Waals surface area (Å²) in [5.74, 6) is -0.0786. The average molecular weight is 361 g/mol. The van der Waals surface area contributed by atoms with Gasteiger partial charge in [-0.25, -0.2) is 4.98 Å². The van der Waals surface area contributed by atoms with Crippen LogP contribution in [-0.4, -0.2) is 74.8 Å². The topological polar surface area (TPSA) is 61.8 Å². The third-order valence-corrected chi connectivity index (χ3v) is 3.90. The lowest BCUT2D eigenvalue weighted by Crippen LogP contribution is -2.35. The third-order valence-electron chi connectivity index (χ3n) is 3.90. The van der Waals surface area contributed by atoms with Crippen molar-refractivity contribution in [3.8, 4) is 0 Å². The Balaban J connectivity index is 2.20. The first kappa shape index (κ1) is 19.2. The summed E-state index contributed by atoms with van der Waals surface area (Å²) in [5, 5.41) is 0. The van der Waals surface area contributed by atoms with E-state index in [0.29, 0.717) is 32.6 Å². The van der Waals surface area contributed by atoms with E-state index in [1.165, 1.54) is 12.0 Å². The van der Waals surface area contributed by atoms with Crippen LogP contribution in [0.25, 0.3) is 0 Å². The van der Waals surface area contributed by atoms with Crippen molar-refractivity contribution < 1.29 is 22.7 Å². The second-order valence-corrected chi connectivity index (χ2v) is 6.00. The number of anilines is 2. The number of nitrogens with zero attached hydrogens (tertiary/aromatic N) is 5. The van der Waals surface area contributed by atoms with Gasteiger partial charge in [-0.05, 0) is 6.42 Å². The number of halogens is 3. The van der Waals surface area contributed by atoms with Crippen molar-refractivity contribution in [1.82, 2.24) is 14.9 Å². The van der Waals surface area contributed by atoms with Gasteiger partial charge in [0.2, 0.25) is 5.95 Å². The Bertz CT molecular complexity index is 609. The molecule has 2 rings (SSSR count). The minimum atomic E-state index is -4.54.